The van der Waals surface area contributed by atoms with Crippen LogP contribution in [-0.2, 0) is 30.2 Å². The molecule has 0 fully saturated rings. The third-order valence-corrected chi connectivity index (χ3v) is 2.75. The second-order valence-corrected chi connectivity index (χ2v) is 5.78. The maximum atomic E-state index is 2.24. The maximum absolute atomic E-state index is 2.24. The molecule has 0 nitrogen and oxygen atoms in total. The van der Waals surface area contributed by atoms with Crippen molar-refractivity contribution in [3.63, 3.8) is 0 Å². The van der Waals surface area contributed by atoms with Gasteiger partial charge in [-0.15, -0.1) is 0 Å². The minimum absolute atomic E-state index is 0. The van der Waals surface area contributed by atoms with Gasteiger partial charge in [-0.1, -0.05) is 52.4 Å². The van der Waals surface area contributed by atoms with Crippen molar-refractivity contribution in [1.29, 1.82) is 0 Å². The Bertz CT molecular complexity index is 339. The Morgan fingerprint density at radius 3 is 1.11 bits per heavy atom. The van der Waals surface area contributed by atoms with Gasteiger partial charge in [0.25, 0.3) is 0 Å². The van der Waals surface area contributed by atoms with E-state index in [0.29, 0.717) is 0 Å². The zero-order chi connectivity index (χ0) is 13.4. The molecule has 0 atom stereocenters. The first kappa shape index (κ1) is 18.2. The average molecular weight is 294 g/mol. The molecule has 0 aromatic heterocycles. The standard InChI is InChI=1S/2C9H13.Cr/c2*1-8(2)7-9-5-3-4-6-9;/h2*3-6,8H,7H2,1-2H3;/q2*-1;+2. The van der Waals surface area contributed by atoms with E-state index in [0.717, 1.165) is 11.8 Å². The molecule has 0 aliphatic carbocycles. The van der Waals surface area contributed by atoms with E-state index >= 15 is 0 Å². The molecule has 2 rings (SSSR count). The van der Waals surface area contributed by atoms with Gasteiger partial charge in [-0.05, 0) is 0 Å². The summed E-state index contributed by atoms with van der Waals surface area (Å²) in [6.07, 6.45) is 2.43. The Hall–Kier alpha value is -0.768. The second kappa shape index (κ2) is 10.1. The van der Waals surface area contributed by atoms with Crippen LogP contribution in [0.1, 0.15) is 38.8 Å². The van der Waals surface area contributed by atoms with E-state index in [2.05, 4.69) is 76.2 Å². The fraction of sp³-hybridized carbons (Fsp3) is 0.444. The topological polar surface area (TPSA) is 0 Å². The van der Waals surface area contributed by atoms with Crippen molar-refractivity contribution in [3.8, 4) is 0 Å². The fourth-order valence-corrected chi connectivity index (χ4v) is 2.04. The molecule has 0 spiro atoms. The molecule has 0 saturated heterocycles. The molecule has 2 aromatic carbocycles. The molecule has 2 aromatic rings. The average Bonchev–Trinajstić information content (AvgIpc) is 2.90. The van der Waals surface area contributed by atoms with Gasteiger partial charge < -0.3 is 0 Å². The number of rotatable bonds is 4. The van der Waals surface area contributed by atoms with E-state index < -0.39 is 0 Å². The largest absolute Gasteiger partial charge is 2.00 e. The van der Waals surface area contributed by atoms with Crippen LogP contribution < -0.4 is 0 Å². The van der Waals surface area contributed by atoms with Gasteiger partial charge in [-0.2, -0.15) is 35.4 Å². The summed E-state index contributed by atoms with van der Waals surface area (Å²) < 4.78 is 0. The Labute approximate surface area is 129 Å². The Balaban J connectivity index is 0.000000324. The normalized spacial score (nSPS) is 10.0. The van der Waals surface area contributed by atoms with Crippen molar-refractivity contribution >= 4 is 0 Å². The van der Waals surface area contributed by atoms with Gasteiger partial charge >= 0.3 is 17.4 Å². The molecule has 0 unspecified atom stereocenters. The molecule has 19 heavy (non-hydrogen) atoms. The predicted octanol–water partition coefficient (Wildman–Crippen LogP) is 5.21. The van der Waals surface area contributed by atoms with Crippen molar-refractivity contribution in [1.82, 2.24) is 0 Å². The van der Waals surface area contributed by atoms with Crippen LogP contribution in [0.2, 0.25) is 0 Å². The van der Waals surface area contributed by atoms with Gasteiger partial charge in [0.2, 0.25) is 0 Å². The van der Waals surface area contributed by atoms with Crippen LogP contribution in [-0.4, -0.2) is 0 Å². The van der Waals surface area contributed by atoms with Crippen molar-refractivity contribution in [3.05, 3.63) is 59.7 Å². The van der Waals surface area contributed by atoms with Crippen LogP contribution in [0.4, 0.5) is 0 Å². The summed E-state index contributed by atoms with van der Waals surface area (Å²) in [6.45, 7) is 8.97. The zero-order valence-electron chi connectivity index (χ0n) is 12.6. The molecule has 1 heteroatoms. The third-order valence-electron chi connectivity index (χ3n) is 2.75. The summed E-state index contributed by atoms with van der Waals surface area (Å²) >= 11 is 0. The molecule has 0 bridgehead atoms. The quantitative estimate of drug-likeness (QED) is 0.679. The van der Waals surface area contributed by atoms with Gasteiger partial charge in [0.1, 0.15) is 0 Å². The second-order valence-electron chi connectivity index (χ2n) is 5.78. The van der Waals surface area contributed by atoms with E-state index in [9.17, 15) is 0 Å². The van der Waals surface area contributed by atoms with E-state index in [-0.39, 0.29) is 17.4 Å². The van der Waals surface area contributed by atoms with Gasteiger partial charge in [-0.3, -0.25) is 0 Å². The number of hydrogen-bond donors (Lipinski definition) is 0. The summed E-state index contributed by atoms with van der Waals surface area (Å²) in [4.78, 5) is 0. The van der Waals surface area contributed by atoms with Crippen molar-refractivity contribution < 1.29 is 17.4 Å². The van der Waals surface area contributed by atoms with Crippen LogP contribution in [0.5, 0.6) is 0 Å². The van der Waals surface area contributed by atoms with E-state index in [1.807, 2.05) is 0 Å². The minimum atomic E-state index is 0. The molecule has 0 aliphatic rings. The summed E-state index contributed by atoms with van der Waals surface area (Å²) in [5.41, 5.74) is 2.93. The summed E-state index contributed by atoms with van der Waals surface area (Å²) in [5, 5.41) is 0. The summed E-state index contributed by atoms with van der Waals surface area (Å²) in [5.74, 6) is 1.57. The van der Waals surface area contributed by atoms with Crippen LogP contribution in [0.25, 0.3) is 0 Å². The monoisotopic (exact) mass is 294 g/mol. The van der Waals surface area contributed by atoms with E-state index in [4.69, 9.17) is 0 Å². The van der Waals surface area contributed by atoms with Gasteiger partial charge in [0.05, 0.1) is 0 Å². The molecular formula is C18H26Cr. The Morgan fingerprint density at radius 1 is 0.632 bits per heavy atom. The molecule has 0 radical (unpaired) electrons. The Kier molecular flexibility index (Phi) is 9.67. The molecule has 0 aliphatic heterocycles. The van der Waals surface area contributed by atoms with Gasteiger partial charge in [-0.25, -0.2) is 24.3 Å². The Morgan fingerprint density at radius 2 is 0.895 bits per heavy atom. The van der Waals surface area contributed by atoms with Crippen molar-refractivity contribution in [2.45, 2.75) is 40.5 Å². The smallest absolute Gasteiger partial charge is 0.213 e. The van der Waals surface area contributed by atoms with Crippen LogP contribution in [0, 0.1) is 11.8 Å². The first-order valence-corrected chi connectivity index (χ1v) is 6.99. The molecule has 0 amide bonds. The predicted molar refractivity (Wildman–Crippen MR) is 81.2 cm³/mol. The van der Waals surface area contributed by atoms with Crippen LogP contribution >= 0.6 is 0 Å². The van der Waals surface area contributed by atoms with Crippen LogP contribution in [0.3, 0.4) is 0 Å². The fourth-order valence-electron chi connectivity index (χ4n) is 2.04. The summed E-state index contributed by atoms with van der Waals surface area (Å²) in [6, 6.07) is 17.1. The van der Waals surface area contributed by atoms with Gasteiger partial charge in [0, 0.05) is 0 Å². The van der Waals surface area contributed by atoms with Crippen LogP contribution in [0.15, 0.2) is 48.5 Å². The molecule has 0 heterocycles. The van der Waals surface area contributed by atoms with Crippen molar-refractivity contribution in [2.75, 3.05) is 0 Å². The molecular weight excluding hydrogens is 268 g/mol. The summed E-state index contributed by atoms with van der Waals surface area (Å²) in [7, 11) is 0. The first-order chi connectivity index (χ1) is 8.58. The SMILES string of the molecule is CC(C)C[c-]1cccc1.CC(C)C[c-]1cccc1.[Cr+2]. The van der Waals surface area contributed by atoms with Gasteiger partial charge in [0.15, 0.2) is 0 Å². The zero-order valence-corrected chi connectivity index (χ0v) is 13.9. The first-order valence-electron chi connectivity index (χ1n) is 6.99. The van der Waals surface area contributed by atoms with E-state index in [1.54, 1.807) is 0 Å². The van der Waals surface area contributed by atoms with Crippen molar-refractivity contribution in [2.24, 2.45) is 11.8 Å². The number of hydrogen-bond acceptors (Lipinski definition) is 0. The molecule has 0 saturated carbocycles. The molecule has 0 N–H and O–H groups in total. The third kappa shape index (κ3) is 8.87. The minimum Gasteiger partial charge on any atom is -0.213 e. The molecule has 104 valence electrons. The maximum Gasteiger partial charge on any atom is 2.00 e. The van der Waals surface area contributed by atoms with E-state index in [1.165, 1.54) is 24.0 Å².